The van der Waals surface area contributed by atoms with Gasteiger partial charge >= 0.3 is 0 Å². The molecule has 1 unspecified atom stereocenters. The van der Waals surface area contributed by atoms with Gasteiger partial charge in [-0.2, -0.15) is 0 Å². The highest BCUT2D eigenvalue weighted by Crippen LogP contribution is 2.40. The van der Waals surface area contributed by atoms with E-state index >= 15 is 0 Å². The minimum Gasteiger partial charge on any atom is -0.497 e. The van der Waals surface area contributed by atoms with E-state index in [2.05, 4.69) is 10.2 Å². The van der Waals surface area contributed by atoms with Crippen LogP contribution in [-0.4, -0.2) is 52.4 Å². The van der Waals surface area contributed by atoms with Gasteiger partial charge in [-0.05, 0) is 36.4 Å². The lowest BCUT2D eigenvalue weighted by Crippen LogP contribution is -2.45. The van der Waals surface area contributed by atoms with Crippen molar-refractivity contribution >= 4 is 0 Å². The zero-order valence-corrected chi connectivity index (χ0v) is 15.4. The third-order valence-corrected chi connectivity index (χ3v) is 4.73. The smallest absolute Gasteiger partial charge is 0.124 e. The normalized spacial score (nSPS) is 16.2. The molecular weight excluding hydrogens is 335 g/mol. The zero-order chi connectivity index (χ0) is 18.5. The third kappa shape index (κ3) is 3.76. The number of nitrogens with zero attached hydrogens (tertiary/aromatic N) is 1. The Kier molecular flexibility index (Phi) is 5.96. The average Bonchev–Trinajstić information content (AvgIpc) is 2.69. The van der Waals surface area contributed by atoms with Crippen LogP contribution in [0.4, 0.5) is 4.39 Å². The second kappa shape index (κ2) is 8.38. The molecule has 2 aromatic carbocycles. The molecule has 0 amide bonds. The summed E-state index contributed by atoms with van der Waals surface area (Å²) in [5.74, 6) is 1.83. The predicted molar refractivity (Wildman–Crippen MR) is 98.8 cm³/mol. The first-order chi connectivity index (χ1) is 12.7. The Hall–Kier alpha value is -2.31. The van der Waals surface area contributed by atoms with Crippen LogP contribution in [0.15, 0.2) is 36.4 Å². The molecule has 1 saturated heterocycles. The standard InChI is InChI=1S/C20H25FN2O3/c1-24-15-5-7-19(26-3)17(13-15)20(23-10-8-22-9-11-23)16-12-14(21)4-6-18(16)25-2/h4-7,12-13,20,22H,8-11H2,1-3H3. The van der Waals surface area contributed by atoms with E-state index in [1.165, 1.54) is 6.07 Å². The fraction of sp³-hybridized carbons (Fsp3) is 0.400. The van der Waals surface area contributed by atoms with Crippen LogP contribution in [-0.2, 0) is 0 Å². The lowest BCUT2D eigenvalue weighted by molar-refractivity contribution is 0.192. The summed E-state index contributed by atoms with van der Waals surface area (Å²) in [7, 11) is 4.88. The van der Waals surface area contributed by atoms with Crippen molar-refractivity contribution in [3.05, 3.63) is 53.3 Å². The van der Waals surface area contributed by atoms with Crippen molar-refractivity contribution in [2.75, 3.05) is 47.5 Å². The Morgan fingerprint density at radius 3 is 2.12 bits per heavy atom. The molecule has 1 fully saturated rings. The van der Waals surface area contributed by atoms with Crippen LogP contribution in [0.25, 0.3) is 0 Å². The van der Waals surface area contributed by atoms with E-state index in [1.807, 2.05) is 18.2 Å². The highest BCUT2D eigenvalue weighted by molar-refractivity contribution is 5.49. The van der Waals surface area contributed by atoms with Crippen LogP contribution in [0.3, 0.4) is 0 Å². The molecule has 0 bridgehead atoms. The number of hydrogen-bond donors (Lipinski definition) is 1. The fourth-order valence-electron chi connectivity index (χ4n) is 3.47. The van der Waals surface area contributed by atoms with Gasteiger partial charge in [0, 0.05) is 37.3 Å². The van der Waals surface area contributed by atoms with Gasteiger partial charge in [-0.1, -0.05) is 0 Å². The van der Waals surface area contributed by atoms with E-state index in [0.717, 1.165) is 48.8 Å². The molecule has 140 valence electrons. The van der Waals surface area contributed by atoms with Crippen LogP contribution in [0, 0.1) is 5.82 Å². The molecule has 1 atom stereocenters. The number of rotatable bonds is 6. The van der Waals surface area contributed by atoms with E-state index in [9.17, 15) is 4.39 Å². The monoisotopic (exact) mass is 360 g/mol. The molecule has 0 spiro atoms. The van der Waals surface area contributed by atoms with Crippen LogP contribution in [0.2, 0.25) is 0 Å². The molecule has 6 heteroatoms. The molecule has 0 aromatic heterocycles. The largest absolute Gasteiger partial charge is 0.497 e. The van der Waals surface area contributed by atoms with Crippen molar-refractivity contribution in [3.8, 4) is 17.2 Å². The van der Waals surface area contributed by atoms with Gasteiger partial charge in [0.25, 0.3) is 0 Å². The van der Waals surface area contributed by atoms with Gasteiger partial charge in [0.1, 0.15) is 23.1 Å². The maximum Gasteiger partial charge on any atom is 0.124 e. The number of piperazine rings is 1. The molecule has 1 aliphatic heterocycles. The summed E-state index contributed by atoms with van der Waals surface area (Å²) in [6.45, 7) is 3.43. The van der Waals surface area contributed by atoms with E-state index < -0.39 is 0 Å². The summed E-state index contributed by atoms with van der Waals surface area (Å²) in [6, 6.07) is 10.1. The highest BCUT2D eigenvalue weighted by Gasteiger charge is 2.29. The number of halogens is 1. The third-order valence-electron chi connectivity index (χ3n) is 4.73. The van der Waals surface area contributed by atoms with Crippen molar-refractivity contribution < 1.29 is 18.6 Å². The van der Waals surface area contributed by atoms with Gasteiger partial charge in [0.15, 0.2) is 0 Å². The molecule has 0 aliphatic carbocycles. The van der Waals surface area contributed by atoms with Gasteiger partial charge in [-0.25, -0.2) is 4.39 Å². The minimum atomic E-state index is -0.289. The molecule has 5 nitrogen and oxygen atoms in total. The first kappa shape index (κ1) is 18.5. The Morgan fingerprint density at radius 1 is 0.885 bits per heavy atom. The van der Waals surface area contributed by atoms with E-state index in [-0.39, 0.29) is 11.9 Å². The highest BCUT2D eigenvalue weighted by atomic mass is 19.1. The van der Waals surface area contributed by atoms with Crippen molar-refractivity contribution in [2.45, 2.75) is 6.04 Å². The summed E-state index contributed by atoms with van der Waals surface area (Å²) < 4.78 is 30.7. The van der Waals surface area contributed by atoms with Crippen LogP contribution < -0.4 is 19.5 Å². The Labute approximate surface area is 153 Å². The van der Waals surface area contributed by atoms with Gasteiger partial charge in [-0.15, -0.1) is 0 Å². The van der Waals surface area contributed by atoms with Crippen LogP contribution >= 0.6 is 0 Å². The maximum atomic E-state index is 14.1. The summed E-state index contributed by atoms with van der Waals surface area (Å²) in [5.41, 5.74) is 1.71. The van der Waals surface area contributed by atoms with Gasteiger partial charge in [-0.3, -0.25) is 4.90 Å². The van der Waals surface area contributed by atoms with Gasteiger partial charge in [0.05, 0.1) is 27.4 Å². The molecule has 0 radical (unpaired) electrons. The quantitative estimate of drug-likeness (QED) is 0.858. The molecule has 0 saturated carbocycles. The Morgan fingerprint density at radius 2 is 1.50 bits per heavy atom. The van der Waals surface area contributed by atoms with Crippen LogP contribution in [0.1, 0.15) is 17.2 Å². The first-order valence-corrected chi connectivity index (χ1v) is 8.68. The predicted octanol–water partition coefficient (Wildman–Crippen LogP) is 2.85. The second-order valence-electron chi connectivity index (χ2n) is 6.18. The minimum absolute atomic E-state index is 0.201. The van der Waals surface area contributed by atoms with Crippen molar-refractivity contribution in [1.82, 2.24) is 10.2 Å². The molecule has 1 aliphatic rings. The van der Waals surface area contributed by atoms with E-state index in [0.29, 0.717) is 5.75 Å². The zero-order valence-electron chi connectivity index (χ0n) is 15.4. The summed E-state index contributed by atoms with van der Waals surface area (Å²) in [6.07, 6.45) is 0. The van der Waals surface area contributed by atoms with E-state index in [4.69, 9.17) is 14.2 Å². The number of methoxy groups -OCH3 is 3. The molecule has 1 N–H and O–H groups in total. The van der Waals surface area contributed by atoms with Crippen molar-refractivity contribution in [1.29, 1.82) is 0 Å². The number of benzene rings is 2. The van der Waals surface area contributed by atoms with Gasteiger partial charge in [0.2, 0.25) is 0 Å². The number of hydrogen-bond acceptors (Lipinski definition) is 5. The van der Waals surface area contributed by atoms with Gasteiger partial charge < -0.3 is 19.5 Å². The Balaban J connectivity index is 2.17. The summed E-state index contributed by atoms with van der Waals surface area (Å²) in [4.78, 5) is 2.31. The average molecular weight is 360 g/mol. The number of nitrogens with one attached hydrogen (secondary N) is 1. The first-order valence-electron chi connectivity index (χ1n) is 8.68. The fourth-order valence-corrected chi connectivity index (χ4v) is 3.47. The molecule has 3 rings (SSSR count). The van der Waals surface area contributed by atoms with Crippen molar-refractivity contribution in [3.63, 3.8) is 0 Å². The Bertz CT molecular complexity index is 748. The summed E-state index contributed by atoms with van der Waals surface area (Å²) in [5, 5.41) is 3.36. The molecule has 2 aromatic rings. The molecular formula is C20H25FN2O3. The second-order valence-corrected chi connectivity index (χ2v) is 6.18. The topological polar surface area (TPSA) is 43.0 Å². The molecule has 26 heavy (non-hydrogen) atoms. The summed E-state index contributed by atoms with van der Waals surface area (Å²) >= 11 is 0. The lowest BCUT2D eigenvalue weighted by atomic mass is 9.94. The number of ether oxygens (including phenoxy) is 3. The SMILES string of the molecule is COc1ccc(OC)c(C(c2cc(F)ccc2OC)N2CCNCC2)c1. The maximum absolute atomic E-state index is 14.1. The van der Waals surface area contributed by atoms with Crippen LogP contribution in [0.5, 0.6) is 17.2 Å². The lowest BCUT2D eigenvalue weighted by Gasteiger charge is -2.36. The van der Waals surface area contributed by atoms with Crippen molar-refractivity contribution in [2.24, 2.45) is 0 Å². The molecule has 1 heterocycles. The van der Waals surface area contributed by atoms with E-state index in [1.54, 1.807) is 33.5 Å².